The van der Waals surface area contributed by atoms with E-state index in [0.717, 1.165) is 18.4 Å². The Balaban J connectivity index is 2.44. The Hall–Kier alpha value is -1.11. The fourth-order valence-electron chi connectivity index (χ4n) is 2.79. The monoisotopic (exact) mass is 235 g/mol. The number of isocyanates is 1. The zero-order valence-corrected chi connectivity index (χ0v) is 10.2. The van der Waals surface area contributed by atoms with Gasteiger partial charge in [0.05, 0.1) is 0 Å². The number of hydrogen-bond donors (Lipinski definition) is 0. The number of carbonyl (C=O) groups excluding carboxylic acids is 1. The number of halogens is 1. The highest BCUT2D eigenvalue weighted by Crippen LogP contribution is 2.57. The van der Waals surface area contributed by atoms with Crippen LogP contribution in [0, 0.1) is 5.41 Å². The first kappa shape index (κ1) is 11.4. The van der Waals surface area contributed by atoms with Crippen LogP contribution in [0.25, 0.3) is 0 Å². The van der Waals surface area contributed by atoms with Gasteiger partial charge in [-0.1, -0.05) is 43.6 Å². The Morgan fingerprint density at radius 1 is 1.31 bits per heavy atom. The zero-order chi connectivity index (χ0) is 11.8. The first-order valence-corrected chi connectivity index (χ1v) is 5.71. The van der Waals surface area contributed by atoms with Gasteiger partial charge < -0.3 is 0 Å². The molecule has 0 spiro atoms. The Morgan fingerprint density at radius 3 is 2.44 bits per heavy atom. The van der Waals surface area contributed by atoms with E-state index >= 15 is 0 Å². The van der Waals surface area contributed by atoms with Crippen molar-refractivity contribution in [3.8, 4) is 0 Å². The molecule has 1 aliphatic carbocycles. The van der Waals surface area contributed by atoms with E-state index in [9.17, 15) is 4.79 Å². The lowest BCUT2D eigenvalue weighted by Gasteiger charge is -2.50. The third kappa shape index (κ3) is 1.79. The fourth-order valence-corrected chi connectivity index (χ4v) is 3.10. The van der Waals surface area contributed by atoms with Gasteiger partial charge in [0, 0.05) is 5.02 Å². The second-order valence-corrected chi connectivity index (χ2v) is 5.64. The van der Waals surface area contributed by atoms with Gasteiger partial charge in [0.25, 0.3) is 0 Å². The van der Waals surface area contributed by atoms with E-state index in [1.165, 1.54) is 0 Å². The first-order valence-electron chi connectivity index (χ1n) is 5.33. The molecule has 0 aliphatic heterocycles. The first-order chi connectivity index (χ1) is 7.49. The third-order valence-electron chi connectivity index (χ3n) is 3.18. The summed E-state index contributed by atoms with van der Waals surface area (Å²) in [6, 6.07) is 7.59. The molecule has 1 aliphatic rings. The van der Waals surface area contributed by atoms with Gasteiger partial charge in [0.2, 0.25) is 6.08 Å². The second-order valence-electron chi connectivity index (χ2n) is 5.23. The summed E-state index contributed by atoms with van der Waals surface area (Å²) in [5.41, 5.74) is 0.725. The molecule has 16 heavy (non-hydrogen) atoms. The molecule has 0 saturated heterocycles. The zero-order valence-electron chi connectivity index (χ0n) is 9.46. The molecule has 0 heterocycles. The minimum absolute atomic E-state index is 0.222. The summed E-state index contributed by atoms with van der Waals surface area (Å²) >= 11 is 6.16. The molecule has 2 rings (SSSR count). The van der Waals surface area contributed by atoms with Crippen LogP contribution in [0.2, 0.25) is 5.02 Å². The van der Waals surface area contributed by atoms with Crippen molar-refractivity contribution in [1.82, 2.24) is 0 Å². The van der Waals surface area contributed by atoms with Crippen LogP contribution in [0.5, 0.6) is 0 Å². The standard InChI is InChI=1S/C13H14ClNO/c1-12(2)7-13(8-12,15-9-16)10-5-3-4-6-11(10)14/h3-6H,7-8H2,1-2H3. The van der Waals surface area contributed by atoms with E-state index in [2.05, 4.69) is 18.8 Å². The maximum absolute atomic E-state index is 10.6. The van der Waals surface area contributed by atoms with Crippen molar-refractivity contribution in [2.24, 2.45) is 10.4 Å². The molecule has 0 radical (unpaired) electrons. The van der Waals surface area contributed by atoms with Gasteiger partial charge >= 0.3 is 0 Å². The average Bonchev–Trinajstić information content (AvgIpc) is 2.15. The Kier molecular flexibility index (Phi) is 2.65. The molecule has 3 heteroatoms. The molecule has 1 aromatic carbocycles. The van der Waals surface area contributed by atoms with Crippen LogP contribution < -0.4 is 0 Å². The molecular formula is C13H14ClNO. The van der Waals surface area contributed by atoms with Crippen molar-refractivity contribution >= 4 is 17.7 Å². The lowest BCUT2D eigenvalue weighted by Crippen LogP contribution is -2.45. The Morgan fingerprint density at radius 2 is 1.94 bits per heavy atom. The van der Waals surface area contributed by atoms with Crippen LogP contribution in [0.3, 0.4) is 0 Å². The number of hydrogen-bond acceptors (Lipinski definition) is 2. The average molecular weight is 236 g/mol. The minimum Gasteiger partial charge on any atom is -0.211 e. The van der Waals surface area contributed by atoms with E-state index < -0.39 is 5.54 Å². The lowest BCUT2D eigenvalue weighted by molar-refractivity contribution is 0.0640. The predicted molar refractivity (Wildman–Crippen MR) is 64.3 cm³/mol. The van der Waals surface area contributed by atoms with Crippen LogP contribution in [-0.2, 0) is 10.3 Å². The van der Waals surface area contributed by atoms with E-state index in [-0.39, 0.29) is 5.41 Å². The SMILES string of the molecule is CC1(C)CC(N=C=O)(c2ccccc2Cl)C1. The highest BCUT2D eigenvalue weighted by molar-refractivity contribution is 6.31. The van der Waals surface area contributed by atoms with Gasteiger partial charge in [-0.25, -0.2) is 4.79 Å². The maximum Gasteiger partial charge on any atom is 0.235 e. The molecule has 0 atom stereocenters. The molecule has 0 aromatic heterocycles. The predicted octanol–water partition coefficient (Wildman–Crippen LogP) is 3.69. The Bertz CT molecular complexity index is 453. The van der Waals surface area contributed by atoms with E-state index in [4.69, 9.17) is 11.6 Å². The largest absolute Gasteiger partial charge is 0.235 e. The highest BCUT2D eigenvalue weighted by atomic mass is 35.5. The van der Waals surface area contributed by atoms with Crippen molar-refractivity contribution in [1.29, 1.82) is 0 Å². The number of aliphatic imine (C=N–C) groups is 1. The molecule has 0 amide bonds. The van der Waals surface area contributed by atoms with E-state index in [0.29, 0.717) is 5.02 Å². The third-order valence-corrected chi connectivity index (χ3v) is 3.51. The minimum atomic E-state index is -0.441. The van der Waals surface area contributed by atoms with Gasteiger partial charge in [0.15, 0.2) is 0 Å². The van der Waals surface area contributed by atoms with Crippen LogP contribution in [0.15, 0.2) is 29.3 Å². The summed E-state index contributed by atoms with van der Waals surface area (Å²) in [5.74, 6) is 0. The summed E-state index contributed by atoms with van der Waals surface area (Å²) in [7, 11) is 0. The normalized spacial score (nSPS) is 20.7. The molecule has 1 aromatic rings. The van der Waals surface area contributed by atoms with E-state index in [1.54, 1.807) is 6.08 Å². The van der Waals surface area contributed by atoms with Gasteiger partial charge in [-0.3, -0.25) is 0 Å². The molecule has 0 unspecified atom stereocenters. The number of nitrogens with zero attached hydrogens (tertiary/aromatic N) is 1. The molecule has 84 valence electrons. The summed E-state index contributed by atoms with van der Waals surface area (Å²) in [6.45, 7) is 4.34. The second kappa shape index (κ2) is 3.73. The van der Waals surface area contributed by atoms with Crippen LogP contribution in [0.4, 0.5) is 0 Å². The molecular weight excluding hydrogens is 222 g/mol. The van der Waals surface area contributed by atoms with Gasteiger partial charge in [-0.2, -0.15) is 4.99 Å². The quantitative estimate of drug-likeness (QED) is 0.568. The van der Waals surface area contributed by atoms with Crippen molar-refractivity contribution in [2.45, 2.75) is 32.2 Å². The number of benzene rings is 1. The van der Waals surface area contributed by atoms with Crippen LogP contribution in [-0.4, -0.2) is 6.08 Å². The van der Waals surface area contributed by atoms with Gasteiger partial charge in [-0.15, -0.1) is 0 Å². The molecule has 0 bridgehead atoms. The van der Waals surface area contributed by atoms with Crippen LogP contribution in [0.1, 0.15) is 32.3 Å². The van der Waals surface area contributed by atoms with Gasteiger partial charge in [-0.05, 0) is 29.9 Å². The summed E-state index contributed by atoms with van der Waals surface area (Å²) < 4.78 is 0. The maximum atomic E-state index is 10.6. The van der Waals surface area contributed by atoms with Crippen molar-refractivity contribution < 1.29 is 4.79 Å². The van der Waals surface area contributed by atoms with E-state index in [1.807, 2.05) is 24.3 Å². The highest BCUT2D eigenvalue weighted by Gasteiger charge is 2.51. The summed E-state index contributed by atoms with van der Waals surface area (Å²) in [6.07, 6.45) is 3.38. The number of rotatable bonds is 2. The van der Waals surface area contributed by atoms with Crippen LogP contribution >= 0.6 is 11.6 Å². The van der Waals surface area contributed by atoms with Crippen molar-refractivity contribution in [2.75, 3.05) is 0 Å². The molecule has 0 N–H and O–H groups in total. The van der Waals surface area contributed by atoms with Crippen molar-refractivity contribution in [3.05, 3.63) is 34.9 Å². The topological polar surface area (TPSA) is 29.4 Å². The summed E-state index contributed by atoms with van der Waals surface area (Å²) in [5, 5.41) is 0.678. The molecule has 1 fully saturated rings. The fraction of sp³-hybridized carbons (Fsp3) is 0.462. The smallest absolute Gasteiger partial charge is 0.211 e. The summed E-state index contributed by atoms with van der Waals surface area (Å²) in [4.78, 5) is 14.6. The molecule has 1 saturated carbocycles. The Labute approximate surface area is 100 Å². The molecule has 2 nitrogen and oxygen atoms in total. The van der Waals surface area contributed by atoms with Crippen molar-refractivity contribution in [3.63, 3.8) is 0 Å². The van der Waals surface area contributed by atoms with Gasteiger partial charge in [0.1, 0.15) is 5.54 Å². The lowest BCUT2D eigenvalue weighted by atomic mass is 9.57.